The SMILES string of the molecule is CCn1c(SCC(N)=O)nnc1-c1ccc(S(=O)(=O)N2CCCCCC2)cc1. The van der Waals surface area contributed by atoms with E-state index in [1.165, 1.54) is 11.8 Å². The number of benzene rings is 1. The van der Waals surface area contributed by atoms with Crippen LogP contribution in [-0.2, 0) is 21.4 Å². The minimum atomic E-state index is -3.48. The summed E-state index contributed by atoms with van der Waals surface area (Å²) in [5, 5.41) is 8.95. The number of nitrogens with zero attached hydrogens (tertiary/aromatic N) is 4. The topological polar surface area (TPSA) is 111 Å². The normalized spacial score (nSPS) is 16.0. The van der Waals surface area contributed by atoms with Gasteiger partial charge >= 0.3 is 0 Å². The number of nitrogens with two attached hydrogens (primary N) is 1. The standard InChI is InChI=1S/C18H25N5O3S2/c1-2-23-17(20-21-18(23)27-13-16(19)24)14-7-9-15(10-8-14)28(25,26)22-11-5-3-4-6-12-22/h7-10H,2-6,11-13H2,1H3,(H2,19,24). The van der Waals surface area contributed by atoms with Crippen LogP contribution in [0, 0.1) is 0 Å². The van der Waals surface area contributed by atoms with Gasteiger partial charge in [0.25, 0.3) is 0 Å². The van der Waals surface area contributed by atoms with Gasteiger partial charge < -0.3 is 10.3 Å². The fraction of sp³-hybridized carbons (Fsp3) is 0.500. The van der Waals surface area contributed by atoms with Crippen molar-refractivity contribution in [2.24, 2.45) is 5.73 Å². The molecule has 0 saturated carbocycles. The van der Waals surface area contributed by atoms with Crippen molar-refractivity contribution in [3.8, 4) is 11.4 Å². The molecule has 28 heavy (non-hydrogen) atoms. The highest BCUT2D eigenvalue weighted by Gasteiger charge is 2.25. The first-order valence-corrected chi connectivity index (χ1v) is 11.8. The molecule has 0 bridgehead atoms. The molecule has 2 heterocycles. The Hall–Kier alpha value is -1.91. The van der Waals surface area contributed by atoms with Crippen molar-refractivity contribution in [2.45, 2.75) is 49.2 Å². The number of hydrogen-bond donors (Lipinski definition) is 1. The molecule has 2 N–H and O–H groups in total. The highest BCUT2D eigenvalue weighted by molar-refractivity contribution is 7.99. The highest BCUT2D eigenvalue weighted by atomic mass is 32.2. The molecule has 152 valence electrons. The van der Waals surface area contributed by atoms with Crippen LogP contribution in [0.1, 0.15) is 32.6 Å². The molecule has 0 aliphatic carbocycles. The molecule has 0 atom stereocenters. The van der Waals surface area contributed by atoms with Gasteiger partial charge in [0, 0.05) is 25.2 Å². The summed E-state index contributed by atoms with van der Waals surface area (Å²) in [6.07, 6.45) is 3.97. The van der Waals surface area contributed by atoms with Crippen molar-refractivity contribution >= 4 is 27.7 Å². The molecule has 3 rings (SSSR count). The van der Waals surface area contributed by atoms with Crippen LogP contribution < -0.4 is 5.73 Å². The smallest absolute Gasteiger partial charge is 0.243 e. The maximum atomic E-state index is 12.9. The first-order chi connectivity index (χ1) is 13.4. The van der Waals surface area contributed by atoms with Crippen LogP contribution in [0.5, 0.6) is 0 Å². The van der Waals surface area contributed by atoms with E-state index in [0.717, 1.165) is 31.2 Å². The van der Waals surface area contributed by atoms with Gasteiger partial charge in [-0.3, -0.25) is 4.79 Å². The van der Waals surface area contributed by atoms with Gasteiger partial charge in [-0.15, -0.1) is 10.2 Å². The number of sulfonamides is 1. The van der Waals surface area contributed by atoms with E-state index in [1.54, 1.807) is 28.6 Å². The van der Waals surface area contributed by atoms with Crippen LogP contribution in [-0.4, -0.2) is 52.2 Å². The van der Waals surface area contributed by atoms with Gasteiger partial charge in [-0.25, -0.2) is 8.42 Å². The Morgan fingerprint density at radius 1 is 1.11 bits per heavy atom. The van der Waals surface area contributed by atoms with Gasteiger partial charge in [0.1, 0.15) is 0 Å². The Balaban J connectivity index is 1.83. The number of aromatic nitrogens is 3. The van der Waals surface area contributed by atoms with E-state index in [1.807, 2.05) is 11.5 Å². The Morgan fingerprint density at radius 2 is 1.75 bits per heavy atom. The number of rotatable bonds is 7. The molecule has 0 spiro atoms. The van der Waals surface area contributed by atoms with E-state index in [9.17, 15) is 13.2 Å². The van der Waals surface area contributed by atoms with Crippen molar-refractivity contribution in [1.29, 1.82) is 0 Å². The second kappa shape index (κ2) is 9.06. The van der Waals surface area contributed by atoms with E-state index in [0.29, 0.717) is 35.5 Å². The zero-order chi connectivity index (χ0) is 20.1. The maximum Gasteiger partial charge on any atom is 0.243 e. The van der Waals surface area contributed by atoms with E-state index in [2.05, 4.69) is 10.2 Å². The van der Waals surface area contributed by atoms with Gasteiger partial charge in [0.2, 0.25) is 15.9 Å². The van der Waals surface area contributed by atoms with Crippen molar-refractivity contribution < 1.29 is 13.2 Å². The molecule has 1 aromatic carbocycles. The summed E-state index contributed by atoms with van der Waals surface area (Å²) in [5.41, 5.74) is 5.97. The van der Waals surface area contributed by atoms with Crippen LogP contribution in [0.25, 0.3) is 11.4 Å². The number of carbonyl (C=O) groups excluding carboxylic acids is 1. The number of thioether (sulfide) groups is 1. The Kier molecular flexibility index (Phi) is 6.73. The maximum absolute atomic E-state index is 12.9. The van der Waals surface area contributed by atoms with Crippen LogP contribution in [0.3, 0.4) is 0 Å². The summed E-state index contributed by atoms with van der Waals surface area (Å²) in [7, 11) is -3.48. The average molecular weight is 424 g/mol. The van der Waals surface area contributed by atoms with Crippen LogP contribution in [0.4, 0.5) is 0 Å². The highest BCUT2D eigenvalue weighted by Crippen LogP contribution is 2.26. The third-order valence-electron chi connectivity index (χ3n) is 4.69. The largest absolute Gasteiger partial charge is 0.369 e. The lowest BCUT2D eigenvalue weighted by atomic mass is 10.2. The molecular formula is C18H25N5O3S2. The first-order valence-electron chi connectivity index (χ1n) is 9.38. The Labute approximate surface area is 169 Å². The molecule has 1 amide bonds. The number of hydrogen-bond acceptors (Lipinski definition) is 6. The van der Waals surface area contributed by atoms with Crippen molar-refractivity contribution in [2.75, 3.05) is 18.8 Å². The lowest BCUT2D eigenvalue weighted by molar-refractivity contribution is -0.115. The minimum absolute atomic E-state index is 0.130. The molecule has 1 aliphatic rings. The minimum Gasteiger partial charge on any atom is -0.369 e. The molecule has 1 aliphatic heterocycles. The number of carbonyl (C=O) groups is 1. The summed E-state index contributed by atoms with van der Waals surface area (Å²) in [4.78, 5) is 11.3. The molecule has 2 aromatic rings. The quantitative estimate of drug-likeness (QED) is 0.683. The third kappa shape index (κ3) is 4.56. The summed E-state index contributed by atoms with van der Waals surface area (Å²) >= 11 is 1.24. The van der Waals surface area contributed by atoms with Gasteiger partial charge in [0.15, 0.2) is 11.0 Å². The third-order valence-corrected chi connectivity index (χ3v) is 7.59. The summed E-state index contributed by atoms with van der Waals surface area (Å²) in [6, 6.07) is 6.76. The predicted molar refractivity (Wildman–Crippen MR) is 108 cm³/mol. The van der Waals surface area contributed by atoms with E-state index in [4.69, 9.17) is 5.73 Å². The zero-order valence-corrected chi connectivity index (χ0v) is 17.5. The molecular weight excluding hydrogens is 398 g/mol. The van der Waals surface area contributed by atoms with Gasteiger partial charge in [-0.2, -0.15) is 4.31 Å². The van der Waals surface area contributed by atoms with Crippen molar-refractivity contribution in [3.63, 3.8) is 0 Å². The molecule has 10 heteroatoms. The fourth-order valence-corrected chi connectivity index (χ4v) is 5.50. The van der Waals surface area contributed by atoms with Crippen LogP contribution in [0.2, 0.25) is 0 Å². The zero-order valence-electron chi connectivity index (χ0n) is 15.9. The van der Waals surface area contributed by atoms with E-state index < -0.39 is 15.9 Å². The molecule has 8 nitrogen and oxygen atoms in total. The molecule has 1 saturated heterocycles. The van der Waals surface area contributed by atoms with Gasteiger partial charge in [-0.05, 0) is 44.0 Å². The second-order valence-electron chi connectivity index (χ2n) is 6.65. The monoisotopic (exact) mass is 423 g/mol. The predicted octanol–water partition coefficient (Wildman–Crippen LogP) is 2.11. The Bertz CT molecular complexity index is 917. The second-order valence-corrected chi connectivity index (χ2v) is 9.53. The molecule has 1 aromatic heterocycles. The van der Waals surface area contributed by atoms with E-state index >= 15 is 0 Å². The summed E-state index contributed by atoms with van der Waals surface area (Å²) in [6.45, 7) is 3.74. The fourth-order valence-electron chi connectivity index (χ4n) is 3.24. The lowest BCUT2D eigenvalue weighted by Crippen LogP contribution is -2.31. The van der Waals surface area contributed by atoms with E-state index in [-0.39, 0.29) is 5.75 Å². The lowest BCUT2D eigenvalue weighted by Gasteiger charge is -2.20. The Morgan fingerprint density at radius 3 is 2.32 bits per heavy atom. The average Bonchev–Trinajstić information content (AvgIpc) is 2.88. The van der Waals surface area contributed by atoms with Crippen molar-refractivity contribution in [3.05, 3.63) is 24.3 Å². The molecule has 0 unspecified atom stereocenters. The summed E-state index contributed by atoms with van der Waals surface area (Å²) in [5.74, 6) is 0.346. The van der Waals surface area contributed by atoms with Gasteiger partial charge in [-0.1, -0.05) is 24.6 Å². The number of amides is 1. The number of primary amides is 1. The van der Waals surface area contributed by atoms with Crippen LogP contribution in [0.15, 0.2) is 34.3 Å². The first kappa shape index (κ1) is 20.8. The van der Waals surface area contributed by atoms with Gasteiger partial charge in [0.05, 0.1) is 10.6 Å². The van der Waals surface area contributed by atoms with Crippen LogP contribution >= 0.6 is 11.8 Å². The molecule has 1 fully saturated rings. The summed E-state index contributed by atoms with van der Waals surface area (Å²) < 4.78 is 29.3. The van der Waals surface area contributed by atoms with Crippen molar-refractivity contribution in [1.82, 2.24) is 19.1 Å². The molecule has 0 radical (unpaired) electrons.